The Morgan fingerprint density at radius 2 is 1.06 bits per heavy atom. The fourth-order valence-corrected chi connectivity index (χ4v) is 6.29. The maximum atomic E-state index is 13.2. The monoisotopic (exact) mass is 656 g/mol. The molecule has 2 aromatic heterocycles. The lowest BCUT2D eigenvalue weighted by atomic mass is 9.84. The van der Waals surface area contributed by atoms with Crippen molar-refractivity contribution in [2.75, 3.05) is 0 Å². The number of hydrogen-bond donors (Lipinski definition) is 4. The molecule has 7 rings (SSSR count). The van der Waals surface area contributed by atoms with Gasteiger partial charge < -0.3 is 9.97 Å². The van der Waals surface area contributed by atoms with E-state index < -0.39 is 0 Å². The van der Waals surface area contributed by atoms with Crippen molar-refractivity contribution in [1.29, 1.82) is 0 Å². The van der Waals surface area contributed by atoms with Crippen LogP contribution in [-0.4, -0.2) is 34.2 Å². The van der Waals surface area contributed by atoms with Gasteiger partial charge in [-0.15, -0.1) is 0 Å². The Labute approximate surface area is 290 Å². The number of carbonyl (C=O) groups is 2. The minimum absolute atomic E-state index is 0.214. The van der Waals surface area contributed by atoms with E-state index >= 15 is 0 Å². The number of hydrogen-bond acceptors (Lipinski definition) is 4. The third-order valence-corrected chi connectivity index (χ3v) is 8.83. The van der Waals surface area contributed by atoms with Crippen LogP contribution in [0.15, 0.2) is 132 Å². The highest BCUT2D eigenvalue weighted by Gasteiger charge is 2.24. The van der Waals surface area contributed by atoms with E-state index in [0.717, 1.165) is 66.3 Å². The van der Waals surface area contributed by atoms with Gasteiger partial charge in [-0.1, -0.05) is 89.5 Å². The normalized spacial score (nSPS) is 11.7. The molecular formula is C42H36N6O2. The lowest BCUT2D eigenvalue weighted by molar-refractivity contribution is 0.0947. The van der Waals surface area contributed by atoms with E-state index in [4.69, 9.17) is 0 Å². The first-order chi connectivity index (χ1) is 24.3. The lowest BCUT2D eigenvalue weighted by Gasteiger charge is -2.18. The summed E-state index contributed by atoms with van der Waals surface area (Å²) < 4.78 is 0. The van der Waals surface area contributed by atoms with Gasteiger partial charge in [0.05, 0.1) is 12.4 Å². The minimum atomic E-state index is -0.303. The third-order valence-electron chi connectivity index (χ3n) is 8.83. The second-order valence-corrected chi connectivity index (χ2v) is 12.6. The summed E-state index contributed by atoms with van der Waals surface area (Å²) in [4.78, 5) is 33.3. The van der Waals surface area contributed by atoms with Gasteiger partial charge >= 0.3 is 0 Å². The zero-order chi connectivity index (χ0) is 34.6. The molecule has 0 unspecified atom stereocenters. The summed E-state index contributed by atoms with van der Waals surface area (Å²) in [6, 6.07) is 35.5. The Bertz CT molecular complexity index is 2270. The Morgan fingerprint density at radius 3 is 1.52 bits per heavy atom. The van der Waals surface area contributed by atoms with Crippen LogP contribution in [0.3, 0.4) is 0 Å². The molecule has 0 fully saturated rings. The van der Waals surface area contributed by atoms with Crippen LogP contribution < -0.4 is 10.9 Å². The number of aromatic nitrogens is 2. The van der Waals surface area contributed by atoms with E-state index in [0.29, 0.717) is 11.1 Å². The molecule has 0 bridgehead atoms. The highest BCUT2D eigenvalue weighted by molar-refractivity contribution is 6.01. The Kier molecular flexibility index (Phi) is 8.90. The molecule has 0 aliphatic rings. The first-order valence-corrected chi connectivity index (χ1v) is 16.4. The zero-order valence-electron chi connectivity index (χ0n) is 28.0. The van der Waals surface area contributed by atoms with Gasteiger partial charge in [0.2, 0.25) is 0 Å². The van der Waals surface area contributed by atoms with Crippen LogP contribution in [-0.2, 0) is 0 Å². The average Bonchev–Trinajstić information content (AvgIpc) is 3.73. The van der Waals surface area contributed by atoms with Gasteiger partial charge in [-0.25, -0.2) is 10.9 Å². The molecule has 0 radical (unpaired) electrons. The van der Waals surface area contributed by atoms with Gasteiger partial charge in [-0.3, -0.25) is 9.59 Å². The number of rotatable bonds is 9. The van der Waals surface area contributed by atoms with Crippen LogP contribution in [0.25, 0.3) is 21.8 Å². The summed E-state index contributed by atoms with van der Waals surface area (Å²) in [5.74, 6) is -0.821. The lowest BCUT2D eigenvalue weighted by Crippen LogP contribution is -2.17. The van der Waals surface area contributed by atoms with Crippen molar-refractivity contribution >= 4 is 46.0 Å². The molecule has 5 aromatic carbocycles. The maximum absolute atomic E-state index is 13.2. The number of fused-ring (bicyclic) bond motifs is 2. The summed E-state index contributed by atoms with van der Waals surface area (Å²) in [7, 11) is 0. The highest BCUT2D eigenvalue weighted by atomic mass is 16.2. The Hall–Kier alpha value is -6.54. The van der Waals surface area contributed by atoms with Crippen molar-refractivity contribution in [3.05, 3.63) is 177 Å². The summed E-state index contributed by atoms with van der Waals surface area (Å²) in [5, 5.41) is 10.2. The van der Waals surface area contributed by atoms with Gasteiger partial charge in [0.1, 0.15) is 0 Å². The average molecular weight is 657 g/mol. The van der Waals surface area contributed by atoms with Gasteiger partial charge in [-0.2, -0.15) is 10.2 Å². The van der Waals surface area contributed by atoms with Crippen LogP contribution in [0.2, 0.25) is 0 Å². The predicted molar refractivity (Wildman–Crippen MR) is 201 cm³/mol. The largest absolute Gasteiger partial charge is 0.361 e. The standard InChI is InChI=1S/C42H36N6O2/c1-26-10-12-31(13-11-26)40(36-24-43-38-16-14-32(20-34(36)38)41(49)47-45-22-29-8-4-6-27(2)18-29)37-25-44-39-17-15-33(21-35(37)39)42(50)48-46-23-30-9-5-7-28(3)19-30/h4-25,40,43-44H,1-3H3,(H,47,49)(H,48,50)/b45-22+,46-23+. The molecule has 8 heteroatoms. The number of aromatic amines is 2. The van der Waals surface area contributed by atoms with Crippen molar-refractivity contribution < 1.29 is 9.59 Å². The fraction of sp³-hybridized carbons (Fsp3) is 0.0952. The van der Waals surface area contributed by atoms with E-state index in [1.807, 2.05) is 99.0 Å². The molecule has 0 saturated carbocycles. The van der Waals surface area contributed by atoms with Crippen LogP contribution in [0.5, 0.6) is 0 Å². The topological polar surface area (TPSA) is 114 Å². The second kappa shape index (κ2) is 13.9. The van der Waals surface area contributed by atoms with E-state index in [9.17, 15) is 9.59 Å². The molecule has 8 nitrogen and oxygen atoms in total. The van der Waals surface area contributed by atoms with Crippen molar-refractivity contribution in [3.63, 3.8) is 0 Å². The molecule has 4 N–H and O–H groups in total. The van der Waals surface area contributed by atoms with Crippen molar-refractivity contribution in [1.82, 2.24) is 20.8 Å². The van der Waals surface area contributed by atoms with E-state index in [2.05, 4.69) is 62.2 Å². The van der Waals surface area contributed by atoms with Crippen LogP contribution >= 0.6 is 0 Å². The quantitative estimate of drug-likeness (QED) is 0.0925. The summed E-state index contributed by atoms with van der Waals surface area (Å²) in [6.07, 6.45) is 7.28. The minimum Gasteiger partial charge on any atom is -0.361 e. The van der Waals surface area contributed by atoms with Gasteiger partial charge in [0.25, 0.3) is 11.8 Å². The Morgan fingerprint density at radius 1 is 0.580 bits per heavy atom. The number of carbonyl (C=O) groups excluding carboxylic acids is 2. The Balaban J connectivity index is 1.22. The number of aryl methyl sites for hydroxylation is 3. The first-order valence-electron chi connectivity index (χ1n) is 16.4. The molecule has 0 aliphatic carbocycles. The van der Waals surface area contributed by atoms with Crippen molar-refractivity contribution in [2.24, 2.45) is 10.2 Å². The zero-order valence-corrected chi connectivity index (χ0v) is 28.0. The molecule has 2 amide bonds. The summed E-state index contributed by atoms with van der Waals surface area (Å²) in [6.45, 7) is 6.09. The molecule has 246 valence electrons. The molecular weight excluding hydrogens is 621 g/mol. The third kappa shape index (κ3) is 6.86. The van der Waals surface area contributed by atoms with Gasteiger partial charge in [0, 0.05) is 51.2 Å². The number of amides is 2. The molecule has 0 atom stereocenters. The smallest absolute Gasteiger partial charge is 0.271 e. The number of nitrogens with zero attached hydrogens (tertiary/aromatic N) is 2. The van der Waals surface area contributed by atoms with Crippen LogP contribution in [0, 0.1) is 20.8 Å². The molecule has 50 heavy (non-hydrogen) atoms. The second-order valence-electron chi connectivity index (χ2n) is 12.6. The van der Waals surface area contributed by atoms with Crippen LogP contribution in [0.4, 0.5) is 0 Å². The summed E-state index contributed by atoms with van der Waals surface area (Å²) >= 11 is 0. The molecule has 0 spiro atoms. The summed E-state index contributed by atoms with van der Waals surface area (Å²) in [5.41, 5.74) is 16.4. The predicted octanol–water partition coefficient (Wildman–Crippen LogP) is 8.28. The number of hydrazone groups is 2. The van der Waals surface area contributed by atoms with E-state index in [1.54, 1.807) is 24.6 Å². The van der Waals surface area contributed by atoms with Crippen molar-refractivity contribution in [3.8, 4) is 0 Å². The van der Waals surface area contributed by atoms with E-state index in [-0.39, 0.29) is 17.7 Å². The molecule has 0 aliphatic heterocycles. The maximum Gasteiger partial charge on any atom is 0.271 e. The molecule has 7 aromatic rings. The van der Waals surface area contributed by atoms with Crippen LogP contribution in [0.1, 0.15) is 71.1 Å². The number of H-pyrrole nitrogens is 2. The number of nitrogens with one attached hydrogen (secondary N) is 4. The first kappa shape index (κ1) is 32.0. The molecule has 0 saturated heterocycles. The van der Waals surface area contributed by atoms with E-state index in [1.165, 1.54) is 0 Å². The van der Waals surface area contributed by atoms with Gasteiger partial charge in [0.15, 0.2) is 0 Å². The molecule has 2 heterocycles. The van der Waals surface area contributed by atoms with Crippen molar-refractivity contribution in [2.45, 2.75) is 26.7 Å². The highest BCUT2D eigenvalue weighted by Crippen LogP contribution is 2.40. The SMILES string of the molecule is Cc1ccc(C(c2c[nH]c3ccc(C(=O)N/N=C/c4cccc(C)c4)cc23)c2c[nH]c3ccc(C(=O)N/N=C/c4cccc(C)c4)cc23)cc1. The van der Waals surface area contributed by atoms with Gasteiger partial charge in [-0.05, 0) is 85.0 Å². The fourth-order valence-electron chi connectivity index (χ4n) is 6.29. The number of benzene rings is 5.